The molecule has 2 amide bonds. The van der Waals surface area contributed by atoms with Crippen molar-refractivity contribution in [2.24, 2.45) is 0 Å². The normalized spacial score (nSPS) is 11.5. The fraction of sp³-hybridized carbons (Fsp3) is 0.273. The van der Waals surface area contributed by atoms with Crippen LogP contribution in [-0.2, 0) is 6.18 Å². The van der Waals surface area contributed by atoms with E-state index in [9.17, 15) is 28.1 Å². The van der Waals surface area contributed by atoms with Crippen LogP contribution in [0.3, 0.4) is 0 Å². The van der Waals surface area contributed by atoms with Gasteiger partial charge in [-0.1, -0.05) is 18.2 Å². The van der Waals surface area contributed by atoms with Crippen LogP contribution in [0, 0.1) is 10.1 Å². The van der Waals surface area contributed by atoms with Crippen molar-refractivity contribution >= 4 is 33.9 Å². The van der Waals surface area contributed by atoms with Crippen molar-refractivity contribution in [1.29, 1.82) is 0 Å². The third kappa shape index (κ3) is 6.74. The van der Waals surface area contributed by atoms with Gasteiger partial charge in [-0.3, -0.25) is 10.1 Å². The van der Waals surface area contributed by atoms with Crippen molar-refractivity contribution in [3.05, 3.63) is 69.6 Å². The molecule has 2 aromatic carbocycles. The number of nitro benzene ring substituents is 1. The van der Waals surface area contributed by atoms with Gasteiger partial charge in [0.1, 0.15) is 0 Å². The fourth-order valence-electron chi connectivity index (χ4n) is 3.13. The second kappa shape index (κ2) is 11.3. The third-order valence-corrected chi connectivity index (χ3v) is 5.75. The quantitative estimate of drug-likeness (QED) is 0.324. The average molecular weight is 510 g/mol. The van der Waals surface area contributed by atoms with E-state index in [-0.39, 0.29) is 29.7 Å². The summed E-state index contributed by atoms with van der Waals surface area (Å²) < 4.78 is 39.9. The number of non-ortho nitro benzene ring substituents is 1. The molecule has 0 saturated heterocycles. The predicted octanol–water partition coefficient (Wildman–Crippen LogP) is 4.51. The lowest BCUT2D eigenvalue weighted by Crippen LogP contribution is -2.41. The number of benzene rings is 2. The van der Waals surface area contributed by atoms with Gasteiger partial charge in [-0.15, -0.1) is 11.3 Å². The average Bonchev–Trinajstić information content (AvgIpc) is 3.29. The molecule has 2 N–H and O–H groups in total. The van der Waals surface area contributed by atoms with Crippen LogP contribution in [0.4, 0.5) is 34.5 Å². The number of hydrogen-bond donors (Lipinski definition) is 2. The Labute approximate surface area is 202 Å². The number of likely N-dealkylation sites (N-methyl/N-ethyl adjacent to an activating group) is 1. The third-order valence-electron chi connectivity index (χ3n) is 4.92. The summed E-state index contributed by atoms with van der Waals surface area (Å²) in [4.78, 5) is 30.8. The van der Waals surface area contributed by atoms with Gasteiger partial charge in [0.2, 0.25) is 0 Å². The lowest BCUT2D eigenvalue weighted by molar-refractivity contribution is -0.384. The zero-order valence-corrected chi connectivity index (χ0v) is 19.3. The minimum atomic E-state index is -4.61. The number of anilines is 2. The Morgan fingerprint density at radius 1 is 1.20 bits per heavy atom. The van der Waals surface area contributed by atoms with Crippen LogP contribution in [0.25, 0.3) is 11.3 Å². The number of aliphatic hydroxyl groups excluding tert-OH is 1. The maximum absolute atomic E-state index is 13.3. The van der Waals surface area contributed by atoms with Crippen molar-refractivity contribution < 1.29 is 28.0 Å². The van der Waals surface area contributed by atoms with Crippen LogP contribution in [0.15, 0.2) is 53.9 Å². The van der Waals surface area contributed by atoms with E-state index in [4.69, 9.17) is 5.11 Å². The number of aliphatic hydroxyl groups is 1. The molecule has 35 heavy (non-hydrogen) atoms. The molecule has 1 heterocycles. The fourth-order valence-corrected chi connectivity index (χ4v) is 3.98. The Hall–Kier alpha value is -3.55. The number of nitrogens with one attached hydrogen (secondary N) is 1. The first-order chi connectivity index (χ1) is 16.6. The SMILES string of the molecule is CN(CCO)CCNC(=O)N(c1cccc(C(F)(F)F)c1)c1nc(-c2cccc([N+](=O)[O-])c2)cs1. The van der Waals surface area contributed by atoms with Crippen LogP contribution < -0.4 is 10.2 Å². The number of rotatable bonds is 9. The van der Waals surface area contributed by atoms with Gasteiger partial charge in [0, 0.05) is 42.7 Å². The highest BCUT2D eigenvalue weighted by molar-refractivity contribution is 7.14. The van der Waals surface area contributed by atoms with Gasteiger partial charge < -0.3 is 15.3 Å². The number of alkyl halides is 3. The van der Waals surface area contributed by atoms with Crippen LogP contribution in [0.2, 0.25) is 0 Å². The minimum absolute atomic E-state index is 0.0408. The number of nitro groups is 1. The number of halogens is 3. The highest BCUT2D eigenvalue weighted by atomic mass is 32.1. The Balaban J connectivity index is 1.94. The van der Waals surface area contributed by atoms with E-state index in [2.05, 4.69) is 10.3 Å². The molecule has 0 aliphatic rings. The van der Waals surface area contributed by atoms with E-state index >= 15 is 0 Å². The standard InChI is InChI=1S/C22H22F3N5O4S/c1-28(10-11-31)9-8-26-20(32)29(17-6-3-5-16(13-17)22(23,24)25)21-27-19(14-35-21)15-4-2-7-18(12-15)30(33)34/h2-7,12-14,31H,8-11H2,1H3,(H,26,32). The van der Waals surface area contributed by atoms with E-state index in [1.165, 1.54) is 30.3 Å². The summed E-state index contributed by atoms with van der Waals surface area (Å²) in [6.07, 6.45) is -4.61. The second-order valence-electron chi connectivity index (χ2n) is 7.47. The molecular weight excluding hydrogens is 487 g/mol. The van der Waals surface area contributed by atoms with Crippen LogP contribution in [-0.4, -0.2) is 59.2 Å². The van der Waals surface area contributed by atoms with E-state index in [1.807, 2.05) is 0 Å². The van der Waals surface area contributed by atoms with Crippen LogP contribution in [0.1, 0.15) is 5.56 Å². The highest BCUT2D eigenvalue weighted by Crippen LogP contribution is 2.36. The van der Waals surface area contributed by atoms with Crippen molar-refractivity contribution in [3.8, 4) is 11.3 Å². The molecule has 0 unspecified atom stereocenters. The van der Waals surface area contributed by atoms with E-state index in [1.54, 1.807) is 23.4 Å². The number of thiazole rings is 1. The molecule has 0 fully saturated rings. The second-order valence-corrected chi connectivity index (χ2v) is 8.30. The Kier molecular flexibility index (Phi) is 8.38. The van der Waals surface area contributed by atoms with Gasteiger partial charge in [-0.05, 0) is 25.2 Å². The van der Waals surface area contributed by atoms with Gasteiger partial charge in [0.15, 0.2) is 5.13 Å². The van der Waals surface area contributed by atoms with Gasteiger partial charge >= 0.3 is 12.2 Å². The van der Waals surface area contributed by atoms with Crippen LogP contribution >= 0.6 is 11.3 Å². The lowest BCUT2D eigenvalue weighted by atomic mass is 10.1. The van der Waals surface area contributed by atoms with Gasteiger partial charge in [-0.25, -0.2) is 14.7 Å². The first-order valence-electron chi connectivity index (χ1n) is 10.3. The Morgan fingerprint density at radius 3 is 2.63 bits per heavy atom. The molecule has 3 aromatic rings. The Morgan fingerprint density at radius 2 is 1.94 bits per heavy atom. The molecule has 0 aliphatic carbocycles. The monoisotopic (exact) mass is 509 g/mol. The molecule has 0 bridgehead atoms. The summed E-state index contributed by atoms with van der Waals surface area (Å²) in [6, 6.07) is 9.37. The van der Waals surface area contributed by atoms with Gasteiger partial charge in [-0.2, -0.15) is 13.2 Å². The number of carbonyl (C=O) groups excluding carboxylic acids is 1. The van der Waals surface area contributed by atoms with Gasteiger partial charge in [0.25, 0.3) is 5.69 Å². The van der Waals surface area contributed by atoms with E-state index in [0.717, 1.165) is 28.4 Å². The highest BCUT2D eigenvalue weighted by Gasteiger charge is 2.32. The van der Waals surface area contributed by atoms with E-state index < -0.39 is 22.7 Å². The zero-order valence-electron chi connectivity index (χ0n) is 18.5. The van der Waals surface area contributed by atoms with Crippen LogP contribution in [0.5, 0.6) is 0 Å². The van der Waals surface area contributed by atoms with Crippen molar-refractivity contribution in [2.45, 2.75) is 6.18 Å². The summed E-state index contributed by atoms with van der Waals surface area (Å²) in [5.41, 5.74) is -0.346. The molecule has 0 radical (unpaired) electrons. The molecule has 0 spiro atoms. The number of nitrogens with zero attached hydrogens (tertiary/aromatic N) is 4. The first-order valence-corrected chi connectivity index (χ1v) is 11.2. The number of urea groups is 1. The Bertz CT molecular complexity index is 1190. The number of hydrogen-bond acceptors (Lipinski definition) is 7. The summed E-state index contributed by atoms with van der Waals surface area (Å²) in [5.74, 6) is 0. The first kappa shape index (κ1) is 26.1. The summed E-state index contributed by atoms with van der Waals surface area (Å²) in [6.45, 7) is 0.917. The summed E-state index contributed by atoms with van der Waals surface area (Å²) in [7, 11) is 1.75. The smallest absolute Gasteiger partial charge is 0.395 e. The van der Waals surface area contributed by atoms with E-state index in [0.29, 0.717) is 24.3 Å². The molecule has 0 saturated carbocycles. The minimum Gasteiger partial charge on any atom is -0.395 e. The molecule has 1 aromatic heterocycles. The largest absolute Gasteiger partial charge is 0.416 e. The number of amides is 2. The molecule has 186 valence electrons. The maximum atomic E-state index is 13.3. The lowest BCUT2D eigenvalue weighted by Gasteiger charge is -2.22. The van der Waals surface area contributed by atoms with Crippen molar-refractivity contribution in [2.75, 3.05) is 38.2 Å². The molecule has 3 rings (SSSR count). The molecular formula is C22H22F3N5O4S. The number of carbonyl (C=O) groups is 1. The van der Waals surface area contributed by atoms with Crippen molar-refractivity contribution in [3.63, 3.8) is 0 Å². The topological polar surface area (TPSA) is 112 Å². The maximum Gasteiger partial charge on any atom is 0.416 e. The molecule has 0 atom stereocenters. The van der Waals surface area contributed by atoms with Crippen molar-refractivity contribution in [1.82, 2.24) is 15.2 Å². The molecule has 13 heteroatoms. The van der Waals surface area contributed by atoms with Gasteiger partial charge in [0.05, 0.1) is 28.5 Å². The molecule has 9 nitrogen and oxygen atoms in total. The predicted molar refractivity (Wildman–Crippen MR) is 126 cm³/mol. The zero-order chi connectivity index (χ0) is 25.6. The number of aromatic nitrogens is 1. The summed E-state index contributed by atoms with van der Waals surface area (Å²) >= 11 is 1.01. The molecule has 0 aliphatic heterocycles. The summed E-state index contributed by atoms with van der Waals surface area (Å²) in [5, 5.41) is 24.4.